The summed E-state index contributed by atoms with van der Waals surface area (Å²) in [6.45, 7) is 1.05. The highest BCUT2D eigenvalue weighted by Crippen LogP contribution is 2.30. The number of rotatable bonds is 6. The van der Waals surface area contributed by atoms with Crippen LogP contribution in [0.4, 0.5) is 4.79 Å². The fourth-order valence-corrected chi connectivity index (χ4v) is 3.70. The first-order chi connectivity index (χ1) is 9.69. The number of halogens is 2. The maximum absolute atomic E-state index is 11.3. The number of benzene rings is 1. The van der Waals surface area contributed by atoms with Gasteiger partial charge >= 0.3 is 6.03 Å². The number of carbonyl (C=O) groups is 1. The molecule has 1 aromatic heterocycles. The summed E-state index contributed by atoms with van der Waals surface area (Å²) in [5.74, 6) is 1.18. The van der Waals surface area contributed by atoms with Crippen molar-refractivity contribution in [3.63, 3.8) is 0 Å². The Labute approximate surface area is 135 Å². The Morgan fingerprint density at radius 1 is 1.35 bits per heavy atom. The van der Waals surface area contributed by atoms with E-state index >= 15 is 0 Å². The third-order valence-electron chi connectivity index (χ3n) is 2.32. The molecular weight excluding hydrogens is 337 g/mol. The molecule has 4 nitrogen and oxygen atoms in total. The average Bonchev–Trinajstić information content (AvgIpc) is 2.83. The molecule has 0 fully saturated rings. The van der Waals surface area contributed by atoms with E-state index in [9.17, 15) is 4.79 Å². The number of hydrogen-bond donors (Lipinski definition) is 2. The average molecular weight is 350 g/mol. The van der Waals surface area contributed by atoms with E-state index < -0.39 is 0 Å². The molecule has 2 rings (SSSR count). The summed E-state index contributed by atoms with van der Waals surface area (Å²) in [7, 11) is 0. The predicted octanol–water partition coefficient (Wildman–Crippen LogP) is 3.58. The minimum atomic E-state index is -0.192. The number of carbonyl (C=O) groups excluding carboxylic acids is 1. The Morgan fingerprint density at radius 2 is 2.15 bits per heavy atom. The van der Waals surface area contributed by atoms with Gasteiger partial charge in [-0.05, 0) is 18.2 Å². The highest BCUT2D eigenvalue weighted by molar-refractivity contribution is 8.01. The van der Waals surface area contributed by atoms with Crippen molar-refractivity contribution in [3.8, 4) is 0 Å². The summed E-state index contributed by atoms with van der Waals surface area (Å²) < 4.78 is 2.09. The predicted molar refractivity (Wildman–Crippen MR) is 87.5 cm³/mol. The van der Waals surface area contributed by atoms with Crippen molar-refractivity contribution in [2.24, 2.45) is 0 Å². The Kier molecular flexibility index (Phi) is 6.22. The van der Waals surface area contributed by atoms with E-state index in [4.69, 9.17) is 23.2 Å². The van der Waals surface area contributed by atoms with E-state index in [-0.39, 0.29) is 6.03 Å². The second kappa shape index (κ2) is 7.93. The highest BCUT2D eigenvalue weighted by atomic mass is 35.5. The van der Waals surface area contributed by atoms with Gasteiger partial charge in [0.1, 0.15) is 0 Å². The standard InChI is InChI=1S/C12H13Cl2N3OS2/c13-3-4-15-11(18)16-5-6-19-12-17-9-7-8(14)1-2-10(9)20-12/h1-2,7H,3-6H2,(H2,15,16,18). The lowest BCUT2D eigenvalue weighted by Gasteiger charge is -2.04. The van der Waals surface area contributed by atoms with Crippen LogP contribution in [0, 0.1) is 0 Å². The van der Waals surface area contributed by atoms with Gasteiger partial charge in [-0.2, -0.15) is 0 Å². The molecule has 0 unspecified atom stereocenters. The van der Waals surface area contributed by atoms with Crippen molar-refractivity contribution in [3.05, 3.63) is 23.2 Å². The first-order valence-electron chi connectivity index (χ1n) is 5.95. The van der Waals surface area contributed by atoms with Crippen LogP contribution in [0.1, 0.15) is 0 Å². The highest BCUT2D eigenvalue weighted by Gasteiger charge is 2.05. The van der Waals surface area contributed by atoms with Gasteiger partial charge in [0.25, 0.3) is 0 Å². The molecule has 20 heavy (non-hydrogen) atoms. The smallest absolute Gasteiger partial charge is 0.314 e. The van der Waals surface area contributed by atoms with Gasteiger partial charge in [0.15, 0.2) is 4.34 Å². The Hall–Kier alpha value is -0.690. The Morgan fingerprint density at radius 3 is 2.95 bits per heavy atom. The number of nitrogens with one attached hydrogen (secondary N) is 2. The molecule has 108 valence electrons. The molecule has 0 saturated heterocycles. The molecule has 0 spiro atoms. The molecule has 1 heterocycles. The number of nitrogens with zero attached hydrogens (tertiary/aromatic N) is 1. The molecular formula is C12H13Cl2N3OS2. The fraction of sp³-hybridized carbons (Fsp3) is 0.333. The zero-order chi connectivity index (χ0) is 14.4. The number of thiazole rings is 1. The number of alkyl halides is 1. The van der Waals surface area contributed by atoms with Gasteiger partial charge in [-0.15, -0.1) is 22.9 Å². The monoisotopic (exact) mass is 349 g/mol. The molecule has 2 N–H and O–H groups in total. The first-order valence-corrected chi connectivity index (χ1v) is 8.67. The number of urea groups is 1. The van der Waals surface area contributed by atoms with Crippen LogP contribution in [0.15, 0.2) is 22.5 Å². The van der Waals surface area contributed by atoms with Crippen LogP contribution >= 0.6 is 46.3 Å². The topological polar surface area (TPSA) is 54.0 Å². The summed E-state index contributed by atoms with van der Waals surface area (Å²) >= 11 is 14.6. The van der Waals surface area contributed by atoms with E-state index in [1.165, 1.54) is 0 Å². The lowest BCUT2D eigenvalue weighted by atomic mass is 10.3. The molecule has 0 saturated carbocycles. The largest absolute Gasteiger partial charge is 0.337 e. The molecule has 0 atom stereocenters. The second-order valence-electron chi connectivity index (χ2n) is 3.81. The maximum atomic E-state index is 11.3. The molecule has 2 aromatic rings. The van der Waals surface area contributed by atoms with Gasteiger partial charge in [-0.25, -0.2) is 9.78 Å². The number of hydrogen-bond acceptors (Lipinski definition) is 4. The van der Waals surface area contributed by atoms with Gasteiger partial charge in [-0.3, -0.25) is 0 Å². The molecule has 0 radical (unpaired) electrons. The van der Waals surface area contributed by atoms with Crippen molar-refractivity contribution in [1.29, 1.82) is 0 Å². The van der Waals surface area contributed by atoms with Crippen LogP contribution in [0.25, 0.3) is 10.2 Å². The molecule has 1 aromatic carbocycles. The first kappa shape index (κ1) is 15.7. The lowest BCUT2D eigenvalue weighted by Crippen LogP contribution is -2.37. The van der Waals surface area contributed by atoms with Crippen molar-refractivity contribution in [1.82, 2.24) is 15.6 Å². The molecule has 2 amide bonds. The SMILES string of the molecule is O=C(NCCCl)NCCSc1nc2cc(Cl)ccc2s1. The number of aromatic nitrogens is 1. The van der Waals surface area contributed by atoms with E-state index in [2.05, 4.69) is 15.6 Å². The second-order valence-corrected chi connectivity index (χ2v) is 7.00. The summed E-state index contributed by atoms with van der Waals surface area (Å²) in [4.78, 5) is 15.8. The summed E-state index contributed by atoms with van der Waals surface area (Å²) in [5, 5.41) is 6.09. The summed E-state index contributed by atoms with van der Waals surface area (Å²) in [6, 6.07) is 5.49. The Bertz CT molecular complexity index is 591. The van der Waals surface area contributed by atoms with Crippen molar-refractivity contribution in [2.45, 2.75) is 4.34 Å². The van der Waals surface area contributed by atoms with E-state index in [0.29, 0.717) is 24.0 Å². The molecule has 0 aliphatic heterocycles. The van der Waals surface area contributed by atoms with E-state index in [1.807, 2.05) is 18.2 Å². The molecule has 0 aliphatic carbocycles. The van der Waals surface area contributed by atoms with Crippen molar-refractivity contribution in [2.75, 3.05) is 24.7 Å². The minimum Gasteiger partial charge on any atom is -0.337 e. The Balaban J connectivity index is 1.77. The lowest BCUT2D eigenvalue weighted by molar-refractivity contribution is 0.242. The normalized spacial score (nSPS) is 10.7. The third-order valence-corrected chi connectivity index (χ3v) is 4.93. The zero-order valence-electron chi connectivity index (χ0n) is 10.5. The van der Waals surface area contributed by atoms with Crippen LogP contribution in [0.2, 0.25) is 5.02 Å². The fourth-order valence-electron chi connectivity index (χ4n) is 1.47. The molecule has 0 bridgehead atoms. The van der Waals surface area contributed by atoms with Crippen molar-refractivity contribution >= 4 is 62.5 Å². The van der Waals surface area contributed by atoms with Gasteiger partial charge in [-0.1, -0.05) is 23.4 Å². The van der Waals surface area contributed by atoms with Crippen LogP contribution in [-0.4, -0.2) is 35.7 Å². The third kappa shape index (κ3) is 4.70. The number of thioether (sulfide) groups is 1. The van der Waals surface area contributed by atoms with Crippen LogP contribution in [0.5, 0.6) is 0 Å². The molecule has 0 aliphatic rings. The van der Waals surface area contributed by atoms with Gasteiger partial charge < -0.3 is 10.6 Å². The number of fused-ring (bicyclic) bond motifs is 1. The molecule has 8 heteroatoms. The quantitative estimate of drug-likeness (QED) is 0.476. The van der Waals surface area contributed by atoms with Crippen LogP contribution in [0.3, 0.4) is 0 Å². The van der Waals surface area contributed by atoms with E-state index in [1.54, 1.807) is 23.1 Å². The van der Waals surface area contributed by atoms with E-state index in [0.717, 1.165) is 20.3 Å². The zero-order valence-corrected chi connectivity index (χ0v) is 13.6. The maximum Gasteiger partial charge on any atom is 0.314 e. The minimum absolute atomic E-state index is 0.192. The van der Waals surface area contributed by atoms with Crippen LogP contribution in [-0.2, 0) is 0 Å². The van der Waals surface area contributed by atoms with Gasteiger partial charge in [0.05, 0.1) is 10.2 Å². The van der Waals surface area contributed by atoms with Crippen molar-refractivity contribution < 1.29 is 4.79 Å². The van der Waals surface area contributed by atoms with Gasteiger partial charge in [0, 0.05) is 29.7 Å². The number of amides is 2. The van der Waals surface area contributed by atoms with Crippen LogP contribution < -0.4 is 10.6 Å². The summed E-state index contributed by atoms with van der Waals surface area (Å²) in [5.41, 5.74) is 0.915. The van der Waals surface area contributed by atoms with Gasteiger partial charge in [0.2, 0.25) is 0 Å². The summed E-state index contributed by atoms with van der Waals surface area (Å²) in [6.07, 6.45) is 0.